The average Bonchev–Trinajstić information content (AvgIpc) is 2.78. The number of aliphatic hydroxyl groups excluding tert-OH is 1. The Bertz CT molecular complexity index is 1140. The molecule has 0 aliphatic heterocycles. The zero-order valence-corrected chi connectivity index (χ0v) is 16.7. The lowest BCUT2D eigenvalue weighted by atomic mass is 10.0. The third-order valence-electron chi connectivity index (χ3n) is 4.39. The number of hydrogen-bond donors (Lipinski definition) is 2. The van der Waals surface area contributed by atoms with Gasteiger partial charge in [0.05, 0.1) is 5.57 Å². The molecule has 3 rings (SSSR count). The Labute approximate surface area is 179 Å². The van der Waals surface area contributed by atoms with Gasteiger partial charge in [0.25, 0.3) is 5.91 Å². The minimum absolute atomic E-state index is 0.0369. The molecular weight excluding hydrogens is 392 g/mol. The third-order valence-corrected chi connectivity index (χ3v) is 4.39. The average molecular weight is 412 g/mol. The molecule has 0 saturated carbocycles. The van der Waals surface area contributed by atoms with Gasteiger partial charge in [-0.05, 0) is 35.2 Å². The number of para-hydroxylation sites is 1. The number of rotatable bonds is 5. The minimum atomic E-state index is -0.509. The number of allylic oxidation sites excluding steroid dienone is 7. The fraction of sp³-hybridized carbons (Fsp3) is 0.125. The maximum absolute atomic E-state index is 13.0. The molecule has 0 atom stereocenters. The molecule has 0 radical (unpaired) electrons. The summed E-state index contributed by atoms with van der Waals surface area (Å²) in [5.41, 5.74) is 1.10. The molecule has 0 aromatic heterocycles. The standard InChI is InChI=1S/C24H20N4O3/c1-17-11-5-2-3-8-14-19(24(30)25-18-12-6-4-7-13-18)23(28-31)22(17)27-26-20-15-9-10-16-21(20)29/h2-7,11-14,29H,1,8-9,15H2,(H,25,30)/b3-2-,11-5-,19-14+,23-22-,27-26?. The van der Waals surface area contributed by atoms with E-state index in [9.17, 15) is 14.8 Å². The molecule has 2 aliphatic rings. The maximum atomic E-state index is 13.0. The van der Waals surface area contributed by atoms with Gasteiger partial charge in [-0.15, -0.1) is 10.0 Å². The molecule has 1 aromatic carbocycles. The van der Waals surface area contributed by atoms with Gasteiger partial charge in [0.2, 0.25) is 0 Å². The van der Waals surface area contributed by atoms with Crippen molar-refractivity contribution in [1.82, 2.24) is 0 Å². The number of hydrogen-bond acceptors (Lipinski definition) is 6. The quantitative estimate of drug-likeness (QED) is 0.372. The number of amides is 1. The zero-order chi connectivity index (χ0) is 22.1. The van der Waals surface area contributed by atoms with E-state index in [1.165, 1.54) is 0 Å². The first-order chi connectivity index (χ1) is 15.1. The first-order valence-electron chi connectivity index (χ1n) is 9.60. The molecule has 1 amide bonds. The van der Waals surface area contributed by atoms with Crippen molar-refractivity contribution >= 4 is 11.6 Å². The highest BCUT2D eigenvalue weighted by Crippen LogP contribution is 2.28. The molecule has 0 saturated heterocycles. The van der Waals surface area contributed by atoms with Crippen LogP contribution in [-0.4, -0.2) is 11.0 Å². The second kappa shape index (κ2) is 10.5. The lowest BCUT2D eigenvalue weighted by Gasteiger charge is -2.12. The number of azo groups is 1. The highest BCUT2D eigenvalue weighted by atomic mass is 16.3. The van der Waals surface area contributed by atoms with E-state index in [0.29, 0.717) is 36.2 Å². The van der Waals surface area contributed by atoms with Crippen LogP contribution >= 0.6 is 0 Å². The first kappa shape index (κ1) is 21.4. The van der Waals surface area contributed by atoms with Crippen LogP contribution in [0.25, 0.3) is 0 Å². The van der Waals surface area contributed by atoms with E-state index in [-0.39, 0.29) is 22.7 Å². The van der Waals surface area contributed by atoms with Crippen molar-refractivity contribution < 1.29 is 9.90 Å². The van der Waals surface area contributed by atoms with E-state index in [4.69, 9.17) is 0 Å². The molecule has 1 aromatic rings. The van der Waals surface area contributed by atoms with Crippen LogP contribution in [0.15, 0.2) is 117 Å². The molecule has 0 fully saturated rings. The zero-order valence-electron chi connectivity index (χ0n) is 16.7. The summed E-state index contributed by atoms with van der Waals surface area (Å²) < 4.78 is 0. The van der Waals surface area contributed by atoms with Gasteiger partial charge in [-0.1, -0.05) is 61.1 Å². The van der Waals surface area contributed by atoms with E-state index in [2.05, 4.69) is 39.1 Å². The SMILES string of the molecule is C=C1/C=C\C=C/C/C=C(C(=O)Nc2ccccc2)\C(N=O)=C/1N=NC1=C(O)C#CCC1. The fourth-order valence-electron chi connectivity index (χ4n) is 2.82. The predicted molar refractivity (Wildman–Crippen MR) is 120 cm³/mol. The van der Waals surface area contributed by atoms with Crippen LogP contribution in [0.4, 0.5) is 5.69 Å². The molecule has 154 valence electrons. The van der Waals surface area contributed by atoms with Gasteiger partial charge in [0.1, 0.15) is 17.1 Å². The van der Waals surface area contributed by atoms with Crippen molar-refractivity contribution in [2.24, 2.45) is 15.4 Å². The lowest BCUT2D eigenvalue weighted by Crippen LogP contribution is -2.16. The van der Waals surface area contributed by atoms with E-state index >= 15 is 0 Å². The third kappa shape index (κ3) is 5.61. The summed E-state index contributed by atoms with van der Waals surface area (Å²) in [5, 5.41) is 24.0. The van der Waals surface area contributed by atoms with Gasteiger partial charge in [-0.25, -0.2) is 0 Å². The summed E-state index contributed by atoms with van der Waals surface area (Å²) in [6.07, 6.45) is 9.96. The van der Waals surface area contributed by atoms with Crippen molar-refractivity contribution in [2.75, 3.05) is 5.32 Å². The van der Waals surface area contributed by atoms with E-state index in [1.54, 1.807) is 48.6 Å². The summed E-state index contributed by atoms with van der Waals surface area (Å²) in [6.45, 7) is 3.93. The van der Waals surface area contributed by atoms with Crippen molar-refractivity contribution in [3.05, 3.63) is 106 Å². The monoisotopic (exact) mass is 412 g/mol. The van der Waals surface area contributed by atoms with Crippen LogP contribution in [0.3, 0.4) is 0 Å². The van der Waals surface area contributed by atoms with Gasteiger partial charge in [-0.3, -0.25) is 4.79 Å². The Morgan fingerprint density at radius 1 is 1.13 bits per heavy atom. The summed E-state index contributed by atoms with van der Waals surface area (Å²) in [5.74, 6) is 4.65. The first-order valence-corrected chi connectivity index (χ1v) is 9.60. The van der Waals surface area contributed by atoms with E-state index in [0.717, 1.165) is 0 Å². The van der Waals surface area contributed by atoms with Crippen LogP contribution < -0.4 is 5.32 Å². The molecule has 7 heteroatoms. The summed E-state index contributed by atoms with van der Waals surface area (Å²) in [4.78, 5) is 24.9. The van der Waals surface area contributed by atoms with Crippen molar-refractivity contribution in [1.29, 1.82) is 0 Å². The summed E-state index contributed by atoms with van der Waals surface area (Å²) >= 11 is 0. The van der Waals surface area contributed by atoms with Gasteiger partial charge >= 0.3 is 0 Å². The molecule has 7 nitrogen and oxygen atoms in total. The van der Waals surface area contributed by atoms with Crippen LogP contribution in [0.1, 0.15) is 19.3 Å². The van der Waals surface area contributed by atoms with E-state index < -0.39 is 5.91 Å². The van der Waals surface area contributed by atoms with Gasteiger partial charge < -0.3 is 10.4 Å². The number of nitrogens with zero attached hydrogens (tertiary/aromatic N) is 3. The van der Waals surface area contributed by atoms with Gasteiger partial charge in [0.15, 0.2) is 5.76 Å². The predicted octanol–water partition coefficient (Wildman–Crippen LogP) is 5.62. The minimum Gasteiger partial charge on any atom is -0.499 e. The normalized spacial score (nSPS) is 22.7. The second-order valence-electron chi connectivity index (χ2n) is 6.57. The number of carbonyl (C=O) groups excluding carboxylic acids is 1. The van der Waals surface area contributed by atoms with Crippen LogP contribution in [0.2, 0.25) is 0 Å². The Balaban J connectivity index is 2.06. The molecular formula is C24H20N4O3. The number of aliphatic hydroxyl groups is 1. The van der Waals surface area contributed by atoms with Crippen molar-refractivity contribution in [2.45, 2.75) is 19.3 Å². The molecule has 0 bridgehead atoms. The second-order valence-corrected chi connectivity index (χ2v) is 6.57. The summed E-state index contributed by atoms with van der Waals surface area (Å²) in [7, 11) is 0. The largest absolute Gasteiger partial charge is 0.499 e. The molecule has 0 unspecified atom stereocenters. The smallest absolute Gasteiger partial charge is 0.257 e. The maximum Gasteiger partial charge on any atom is 0.257 e. The van der Waals surface area contributed by atoms with Gasteiger partial charge in [-0.2, -0.15) is 5.11 Å². The Kier molecular flexibility index (Phi) is 7.22. The van der Waals surface area contributed by atoms with Crippen molar-refractivity contribution in [3.8, 4) is 11.8 Å². The fourth-order valence-corrected chi connectivity index (χ4v) is 2.82. The molecule has 2 aliphatic carbocycles. The van der Waals surface area contributed by atoms with Crippen LogP contribution in [0.5, 0.6) is 0 Å². The highest BCUT2D eigenvalue weighted by Gasteiger charge is 2.22. The number of benzene rings is 1. The Hall–Kier alpha value is -4.31. The van der Waals surface area contributed by atoms with Crippen LogP contribution in [-0.2, 0) is 4.79 Å². The Morgan fingerprint density at radius 2 is 1.94 bits per heavy atom. The Morgan fingerprint density at radius 3 is 2.68 bits per heavy atom. The molecule has 2 N–H and O–H groups in total. The van der Waals surface area contributed by atoms with Crippen molar-refractivity contribution in [3.63, 3.8) is 0 Å². The number of nitrogens with one attached hydrogen (secondary N) is 1. The molecule has 0 heterocycles. The van der Waals surface area contributed by atoms with Crippen LogP contribution in [0, 0.1) is 16.7 Å². The number of nitroso groups, excluding NO2 is 1. The highest BCUT2D eigenvalue weighted by molar-refractivity contribution is 6.07. The molecule has 31 heavy (non-hydrogen) atoms. The van der Waals surface area contributed by atoms with E-state index in [1.807, 2.05) is 12.1 Å². The lowest BCUT2D eigenvalue weighted by molar-refractivity contribution is -0.112. The van der Waals surface area contributed by atoms with Gasteiger partial charge in [0, 0.05) is 18.5 Å². The topological polar surface area (TPSA) is 103 Å². The number of carbonyl (C=O) groups is 1. The molecule has 0 spiro atoms. The number of anilines is 1. The summed E-state index contributed by atoms with van der Waals surface area (Å²) in [6, 6.07) is 8.87.